The van der Waals surface area contributed by atoms with E-state index in [0.29, 0.717) is 17.6 Å². The van der Waals surface area contributed by atoms with Gasteiger partial charge in [-0.3, -0.25) is 0 Å². The summed E-state index contributed by atoms with van der Waals surface area (Å²) in [4.78, 5) is 19.0. The molecule has 2 N–H and O–H groups in total. The molecule has 2 heterocycles. The number of aromatic carboxylic acids is 1. The molecule has 0 aliphatic heterocycles. The van der Waals surface area contributed by atoms with Crippen LogP contribution in [0.25, 0.3) is 0 Å². The SMILES string of the molecule is Cc1nc(CNc2ncc(C(=O)O)s2)oc1C. The number of thiazole rings is 1. The minimum Gasteiger partial charge on any atom is -0.477 e. The topological polar surface area (TPSA) is 88.2 Å². The minimum atomic E-state index is -0.974. The van der Waals surface area contributed by atoms with E-state index in [1.165, 1.54) is 6.20 Å². The van der Waals surface area contributed by atoms with Crippen LogP contribution in [-0.2, 0) is 6.54 Å². The lowest BCUT2D eigenvalue weighted by molar-refractivity contribution is 0.0702. The van der Waals surface area contributed by atoms with Crippen LogP contribution in [0, 0.1) is 13.8 Å². The van der Waals surface area contributed by atoms with Gasteiger partial charge in [0.25, 0.3) is 0 Å². The maximum Gasteiger partial charge on any atom is 0.347 e. The largest absolute Gasteiger partial charge is 0.477 e. The molecule has 90 valence electrons. The first-order valence-electron chi connectivity index (χ1n) is 4.92. The second-order valence-corrected chi connectivity index (χ2v) is 4.47. The molecule has 0 radical (unpaired) electrons. The summed E-state index contributed by atoms with van der Waals surface area (Å²) in [6.07, 6.45) is 1.32. The van der Waals surface area contributed by atoms with Crippen molar-refractivity contribution < 1.29 is 14.3 Å². The lowest BCUT2D eigenvalue weighted by Crippen LogP contribution is -1.98. The van der Waals surface area contributed by atoms with Gasteiger partial charge in [-0.05, 0) is 13.8 Å². The average Bonchev–Trinajstić information content (AvgIpc) is 2.84. The van der Waals surface area contributed by atoms with Gasteiger partial charge >= 0.3 is 5.97 Å². The third kappa shape index (κ3) is 2.62. The fraction of sp³-hybridized carbons (Fsp3) is 0.300. The number of rotatable bonds is 4. The number of nitrogens with one attached hydrogen (secondary N) is 1. The Hall–Kier alpha value is -1.89. The normalized spacial score (nSPS) is 10.5. The Bertz CT molecular complexity index is 527. The molecular formula is C10H11N3O3S. The van der Waals surface area contributed by atoms with Crippen molar-refractivity contribution in [3.8, 4) is 0 Å². The molecule has 2 rings (SSSR count). The van der Waals surface area contributed by atoms with Crippen LogP contribution >= 0.6 is 11.3 Å². The zero-order valence-electron chi connectivity index (χ0n) is 9.35. The van der Waals surface area contributed by atoms with E-state index in [1.54, 1.807) is 0 Å². The Morgan fingerprint density at radius 3 is 2.88 bits per heavy atom. The highest BCUT2D eigenvalue weighted by Crippen LogP contribution is 2.19. The number of hydrogen-bond acceptors (Lipinski definition) is 6. The van der Waals surface area contributed by atoms with Crippen molar-refractivity contribution in [2.45, 2.75) is 20.4 Å². The molecule has 0 saturated heterocycles. The van der Waals surface area contributed by atoms with Crippen LogP contribution in [0.3, 0.4) is 0 Å². The number of carboxylic acid groups (broad SMARTS) is 1. The van der Waals surface area contributed by atoms with E-state index in [0.717, 1.165) is 22.8 Å². The molecule has 0 bridgehead atoms. The molecule has 2 aromatic rings. The summed E-state index contributed by atoms with van der Waals surface area (Å²) in [5, 5.41) is 12.2. The first kappa shape index (κ1) is 11.6. The van der Waals surface area contributed by atoms with Gasteiger partial charge in [-0.2, -0.15) is 0 Å². The van der Waals surface area contributed by atoms with Crippen molar-refractivity contribution >= 4 is 22.4 Å². The predicted molar refractivity (Wildman–Crippen MR) is 62.4 cm³/mol. The summed E-state index contributed by atoms with van der Waals surface area (Å²) < 4.78 is 5.38. The van der Waals surface area contributed by atoms with Crippen LogP contribution in [0.1, 0.15) is 27.0 Å². The van der Waals surface area contributed by atoms with Gasteiger partial charge in [-0.15, -0.1) is 0 Å². The second kappa shape index (κ2) is 4.54. The predicted octanol–water partition coefficient (Wildman–Crippen LogP) is 2.06. The Balaban J connectivity index is 1.99. The Morgan fingerprint density at radius 1 is 1.59 bits per heavy atom. The van der Waals surface area contributed by atoms with Crippen molar-refractivity contribution in [1.82, 2.24) is 9.97 Å². The standard InChI is InChI=1S/C10H11N3O3S/c1-5-6(2)16-8(13-5)4-12-10-11-3-7(17-10)9(14)15/h3H,4H2,1-2H3,(H,11,12)(H,14,15). The monoisotopic (exact) mass is 253 g/mol. The number of carboxylic acids is 1. The van der Waals surface area contributed by atoms with Crippen LogP contribution in [0.15, 0.2) is 10.6 Å². The number of anilines is 1. The lowest BCUT2D eigenvalue weighted by atomic mass is 10.4. The summed E-state index contributed by atoms with van der Waals surface area (Å²) >= 11 is 1.08. The molecule has 0 atom stereocenters. The zero-order valence-corrected chi connectivity index (χ0v) is 10.2. The third-order valence-electron chi connectivity index (χ3n) is 2.18. The second-order valence-electron chi connectivity index (χ2n) is 3.44. The first-order chi connectivity index (χ1) is 8.06. The molecule has 0 spiro atoms. The molecular weight excluding hydrogens is 242 g/mol. The molecule has 17 heavy (non-hydrogen) atoms. The van der Waals surface area contributed by atoms with E-state index in [4.69, 9.17) is 9.52 Å². The highest BCUT2D eigenvalue weighted by molar-refractivity contribution is 7.17. The fourth-order valence-corrected chi connectivity index (χ4v) is 1.87. The quantitative estimate of drug-likeness (QED) is 0.867. The number of hydrogen-bond donors (Lipinski definition) is 2. The lowest BCUT2D eigenvalue weighted by Gasteiger charge is -1.96. The van der Waals surface area contributed by atoms with Crippen LogP contribution in [-0.4, -0.2) is 21.0 Å². The number of carbonyl (C=O) groups is 1. The van der Waals surface area contributed by atoms with Crippen molar-refractivity contribution in [1.29, 1.82) is 0 Å². The zero-order chi connectivity index (χ0) is 12.4. The van der Waals surface area contributed by atoms with Crippen molar-refractivity contribution in [3.05, 3.63) is 28.4 Å². The molecule has 2 aromatic heterocycles. The minimum absolute atomic E-state index is 0.201. The van der Waals surface area contributed by atoms with Crippen LogP contribution in [0.5, 0.6) is 0 Å². The Morgan fingerprint density at radius 2 is 2.35 bits per heavy atom. The number of aryl methyl sites for hydroxylation is 2. The molecule has 6 nitrogen and oxygen atoms in total. The highest BCUT2D eigenvalue weighted by Gasteiger charge is 2.09. The van der Waals surface area contributed by atoms with E-state index in [9.17, 15) is 4.79 Å². The van der Waals surface area contributed by atoms with E-state index in [1.807, 2.05) is 13.8 Å². The molecule has 0 amide bonds. The maximum absolute atomic E-state index is 10.6. The van der Waals surface area contributed by atoms with Crippen LogP contribution < -0.4 is 5.32 Å². The number of oxazole rings is 1. The first-order valence-corrected chi connectivity index (χ1v) is 5.74. The van der Waals surface area contributed by atoms with Crippen LogP contribution in [0.2, 0.25) is 0 Å². The number of aromatic nitrogens is 2. The van der Waals surface area contributed by atoms with Gasteiger partial charge in [0.1, 0.15) is 10.6 Å². The van der Waals surface area contributed by atoms with Gasteiger partial charge in [0.2, 0.25) is 5.89 Å². The van der Waals surface area contributed by atoms with E-state index < -0.39 is 5.97 Å². The molecule has 0 aliphatic carbocycles. The van der Waals surface area contributed by atoms with Crippen LogP contribution in [0.4, 0.5) is 5.13 Å². The molecule has 0 unspecified atom stereocenters. The van der Waals surface area contributed by atoms with Gasteiger partial charge in [0, 0.05) is 0 Å². The van der Waals surface area contributed by atoms with Gasteiger partial charge in [-0.25, -0.2) is 14.8 Å². The average molecular weight is 253 g/mol. The van der Waals surface area contributed by atoms with E-state index in [-0.39, 0.29) is 4.88 Å². The van der Waals surface area contributed by atoms with Crippen molar-refractivity contribution in [3.63, 3.8) is 0 Å². The summed E-state index contributed by atoms with van der Waals surface area (Å²) in [7, 11) is 0. The van der Waals surface area contributed by atoms with Crippen molar-refractivity contribution in [2.24, 2.45) is 0 Å². The van der Waals surface area contributed by atoms with E-state index in [2.05, 4.69) is 15.3 Å². The third-order valence-corrected chi connectivity index (χ3v) is 3.12. The summed E-state index contributed by atoms with van der Waals surface area (Å²) in [6, 6.07) is 0. The van der Waals surface area contributed by atoms with Gasteiger partial charge in [0.15, 0.2) is 5.13 Å². The van der Waals surface area contributed by atoms with Crippen molar-refractivity contribution in [2.75, 3.05) is 5.32 Å². The van der Waals surface area contributed by atoms with Gasteiger partial charge < -0.3 is 14.8 Å². The molecule has 7 heteroatoms. The van der Waals surface area contributed by atoms with Gasteiger partial charge in [0.05, 0.1) is 18.4 Å². The van der Waals surface area contributed by atoms with Gasteiger partial charge in [-0.1, -0.05) is 11.3 Å². The van der Waals surface area contributed by atoms with E-state index >= 15 is 0 Å². The molecule has 0 fully saturated rings. The molecule has 0 aromatic carbocycles. The Kier molecular flexibility index (Phi) is 3.10. The molecule has 0 saturated carbocycles. The summed E-state index contributed by atoms with van der Waals surface area (Å²) in [5.41, 5.74) is 0.854. The molecule has 0 aliphatic rings. The fourth-order valence-electron chi connectivity index (χ4n) is 1.22. The maximum atomic E-state index is 10.6. The Labute approximate surface area is 101 Å². The highest BCUT2D eigenvalue weighted by atomic mass is 32.1. The summed E-state index contributed by atoms with van der Waals surface area (Å²) in [5.74, 6) is 0.373. The summed E-state index contributed by atoms with van der Waals surface area (Å²) in [6.45, 7) is 4.10. The smallest absolute Gasteiger partial charge is 0.347 e. The number of nitrogens with zero attached hydrogens (tertiary/aromatic N) is 2.